The maximum Gasteiger partial charge on any atom is 0.266 e. The van der Waals surface area contributed by atoms with Gasteiger partial charge in [0.05, 0.1) is 4.91 Å². The minimum atomic E-state index is -0.0602. The van der Waals surface area contributed by atoms with E-state index in [0.29, 0.717) is 22.3 Å². The molecule has 0 aliphatic carbocycles. The Hall–Kier alpha value is -2.42. The molecule has 0 saturated carbocycles. The minimum absolute atomic E-state index is 0.0602. The fourth-order valence-electron chi connectivity index (χ4n) is 4.47. The van der Waals surface area contributed by atoms with Crippen LogP contribution in [0.4, 0.5) is 0 Å². The summed E-state index contributed by atoms with van der Waals surface area (Å²) in [6.07, 6.45) is 6.78. The molecule has 174 valence electrons. The first-order valence-corrected chi connectivity index (χ1v) is 13.4. The Balaban J connectivity index is 1.40. The van der Waals surface area contributed by atoms with E-state index in [-0.39, 0.29) is 11.8 Å². The molecule has 2 fully saturated rings. The van der Waals surface area contributed by atoms with Crippen molar-refractivity contribution < 1.29 is 9.59 Å². The molecule has 3 heterocycles. The average molecular weight is 555 g/mol. The Morgan fingerprint density at radius 3 is 2.65 bits per heavy atom. The van der Waals surface area contributed by atoms with Crippen molar-refractivity contribution >= 4 is 73.0 Å². The number of hydrogen-bond acceptors (Lipinski definition) is 4. The standard InChI is InChI=1S/C26H24BrN3O2S2/c27-20-8-9-22-21(15-20)19(16-29(22)17-24(31)28-11-4-5-12-28)14-23-25(32)30(26(33)34-23)13-10-18-6-2-1-3-7-18/h1-3,6-9,14-16H,4-5,10-13,17H2/b23-14-. The van der Waals surface area contributed by atoms with Crippen LogP contribution >= 0.6 is 39.9 Å². The lowest BCUT2D eigenvalue weighted by molar-refractivity contribution is -0.130. The van der Waals surface area contributed by atoms with E-state index in [1.165, 1.54) is 17.3 Å². The summed E-state index contributed by atoms with van der Waals surface area (Å²) in [6, 6.07) is 16.1. The van der Waals surface area contributed by atoms with E-state index in [0.717, 1.165) is 53.3 Å². The van der Waals surface area contributed by atoms with Gasteiger partial charge in [-0.2, -0.15) is 0 Å². The highest BCUT2D eigenvalue weighted by Crippen LogP contribution is 2.35. The highest BCUT2D eigenvalue weighted by atomic mass is 79.9. The van der Waals surface area contributed by atoms with Crippen LogP contribution in [-0.2, 0) is 22.6 Å². The molecule has 2 saturated heterocycles. The van der Waals surface area contributed by atoms with Crippen molar-refractivity contribution in [3.05, 3.63) is 75.2 Å². The smallest absolute Gasteiger partial charge is 0.266 e. The Labute approximate surface area is 216 Å². The first kappa shape index (κ1) is 23.3. The van der Waals surface area contributed by atoms with Gasteiger partial charge in [-0.15, -0.1) is 0 Å². The first-order valence-electron chi connectivity index (χ1n) is 11.3. The van der Waals surface area contributed by atoms with Gasteiger partial charge in [-0.25, -0.2) is 0 Å². The number of halogens is 1. The summed E-state index contributed by atoms with van der Waals surface area (Å²) in [5.41, 5.74) is 3.06. The summed E-state index contributed by atoms with van der Waals surface area (Å²) in [7, 11) is 0. The molecule has 2 aliphatic heterocycles. The fraction of sp³-hybridized carbons (Fsp3) is 0.269. The molecular weight excluding hydrogens is 530 g/mol. The first-order chi connectivity index (χ1) is 16.5. The largest absolute Gasteiger partial charge is 0.341 e. The van der Waals surface area contributed by atoms with Crippen molar-refractivity contribution in [1.29, 1.82) is 0 Å². The normalized spacial score (nSPS) is 17.5. The zero-order valence-corrected chi connectivity index (χ0v) is 21.8. The lowest BCUT2D eigenvalue weighted by Crippen LogP contribution is -2.30. The van der Waals surface area contributed by atoms with Gasteiger partial charge in [-0.05, 0) is 49.1 Å². The molecule has 0 bridgehead atoms. The number of hydrogen-bond donors (Lipinski definition) is 0. The number of likely N-dealkylation sites (tertiary alicyclic amines) is 1. The third kappa shape index (κ3) is 4.85. The molecule has 0 N–H and O–H groups in total. The zero-order chi connectivity index (χ0) is 23.7. The number of nitrogens with zero attached hydrogens (tertiary/aromatic N) is 3. The monoisotopic (exact) mass is 553 g/mol. The van der Waals surface area contributed by atoms with Gasteiger partial charge in [-0.3, -0.25) is 14.5 Å². The second-order valence-corrected chi connectivity index (χ2v) is 11.1. The van der Waals surface area contributed by atoms with E-state index < -0.39 is 0 Å². The number of amides is 2. The van der Waals surface area contributed by atoms with Gasteiger partial charge >= 0.3 is 0 Å². The molecule has 2 amide bonds. The lowest BCUT2D eigenvalue weighted by Gasteiger charge is -2.16. The number of aromatic nitrogens is 1. The van der Waals surface area contributed by atoms with Crippen LogP contribution in [-0.4, -0.2) is 50.1 Å². The number of carbonyl (C=O) groups excluding carboxylic acids is 2. The van der Waals surface area contributed by atoms with E-state index in [1.807, 2.05) is 58.1 Å². The van der Waals surface area contributed by atoms with E-state index in [2.05, 4.69) is 28.1 Å². The van der Waals surface area contributed by atoms with Crippen LogP contribution in [0.5, 0.6) is 0 Å². The molecule has 1 aromatic heterocycles. The second-order valence-electron chi connectivity index (χ2n) is 8.53. The second kappa shape index (κ2) is 10.1. The van der Waals surface area contributed by atoms with E-state index in [4.69, 9.17) is 12.2 Å². The number of benzene rings is 2. The van der Waals surface area contributed by atoms with Gasteiger partial charge in [0.2, 0.25) is 5.91 Å². The van der Waals surface area contributed by atoms with Crippen molar-refractivity contribution in [2.24, 2.45) is 0 Å². The van der Waals surface area contributed by atoms with Gasteiger partial charge in [0, 0.05) is 46.8 Å². The molecule has 0 spiro atoms. The van der Waals surface area contributed by atoms with Crippen LogP contribution in [0.3, 0.4) is 0 Å². The van der Waals surface area contributed by atoms with Gasteiger partial charge < -0.3 is 9.47 Å². The van der Waals surface area contributed by atoms with Crippen LogP contribution < -0.4 is 0 Å². The van der Waals surface area contributed by atoms with Gasteiger partial charge in [0.1, 0.15) is 10.9 Å². The highest BCUT2D eigenvalue weighted by molar-refractivity contribution is 9.10. The summed E-state index contributed by atoms with van der Waals surface area (Å²) in [5.74, 6) is 0.0751. The summed E-state index contributed by atoms with van der Waals surface area (Å²) in [6.45, 7) is 2.53. The molecule has 34 heavy (non-hydrogen) atoms. The maximum atomic E-state index is 13.2. The number of fused-ring (bicyclic) bond motifs is 1. The van der Waals surface area contributed by atoms with Crippen molar-refractivity contribution in [3.8, 4) is 0 Å². The molecular formula is C26H24BrN3O2S2. The number of thioether (sulfide) groups is 1. The Morgan fingerprint density at radius 2 is 1.88 bits per heavy atom. The van der Waals surface area contributed by atoms with Crippen LogP contribution in [0.1, 0.15) is 24.0 Å². The maximum absolute atomic E-state index is 13.2. The summed E-state index contributed by atoms with van der Waals surface area (Å²) in [5, 5.41) is 0.998. The van der Waals surface area contributed by atoms with E-state index >= 15 is 0 Å². The minimum Gasteiger partial charge on any atom is -0.341 e. The van der Waals surface area contributed by atoms with Crippen molar-refractivity contribution in [1.82, 2.24) is 14.4 Å². The number of rotatable bonds is 6. The molecule has 0 atom stereocenters. The molecule has 3 aromatic rings. The topological polar surface area (TPSA) is 45.6 Å². The Bertz CT molecular complexity index is 1300. The summed E-state index contributed by atoms with van der Waals surface area (Å²) in [4.78, 5) is 30.2. The fourth-order valence-corrected chi connectivity index (χ4v) is 6.14. The molecule has 8 heteroatoms. The van der Waals surface area contributed by atoms with Crippen molar-refractivity contribution in [2.75, 3.05) is 19.6 Å². The molecule has 2 aromatic carbocycles. The highest BCUT2D eigenvalue weighted by Gasteiger charge is 2.32. The molecule has 2 aliphatic rings. The number of carbonyl (C=O) groups is 2. The van der Waals surface area contributed by atoms with Crippen LogP contribution in [0.25, 0.3) is 17.0 Å². The zero-order valence-electron chi connectivity index (χ0n) is 18.6. The quantitative estimate of drug-likeness (QED) is 0.300. The summed E-state index contributed by atoms with van der Waals surface area (Å²) >= 11 is 10.4. The predicted octanol–water partition coefficient (Wildman–Crippen LogP) is 5.47. The van der Waals surface area contributed by atoms with Crippen LogP contribution in [0.15, 0.2) is 64.1 Å². The number of thiocarbonyl (C=S) groups is 1. The van der Waals surface area contributed by atoms with Gasteiger partial charge in [-0.1, -0.05) is 70.2 Å². The molecule has 5 nitrogen and oxygen atoms in total. The molecule has 0 unspecified atom stereocenters. The van der Waals surface area contributed by atoms with Crippen molar-refractivity contribution in [3.63, 3.8) is 0 Å². The van der Waals surface area contributed by atoms with E-state index in [9.17, 15) is 9.59 Å². The van der Waals surface area contributed by atoms with Gasteiger partial charge in [0.15, 0.2) is 0 Å². The Morgan fingerprint density at radius 1 is 1.12 bits per heavy atom. The SMILES string of the molecule is O=C(Cn1cc(/C=C2\SC(=S)N(CCc3ccccc3)C2=O)c2cc(Br)ccc21)N1CCCC1. The third-order valence-electron chi connectivity index (χ3n) is 6.27. The molecule has 0 radical (unpaired) electrons. The average Bonchev–Trinajstić information content (AvgIpc) is 3.54. The molecule has 5 rings (SSSR count). The van der Waals surface area contributed by atoms with Gasteiger partial charge in [0.25, 0.3) is 5.91 Å². The predicted molar refractivity (Wildman–Crippen MR) is 145 cm³/mol. The van der Waals surface area contributed by atoms with E-state index in [1.54, 1.807) is 4.90 Å². The van der Waals surface area contributed by atoms with Crippen LogP contribution in [0.2, 0.25) is 0 Å². The van der Waals surface area contributed by atoms with Crippen LogP contribution in [0, 0.1) is 0 Å². The summed E-state index contributed by atoms with van der Waals surface area (Å²) < 4.78 is 3.53. The van der Waals surface area contributed by atoms with Crippen molar-refractivity contribution in [2.45, 2.75) is 25.8 Å². The lowest BCUT2D eigenvalue weighted by atomic mass is 10.1. The Kier molecular flexibility index (Phi) is 6.90. The third-order valence-corrected chi connectivity index (χ3v) is 8.14.